The van der Waals surface area contributed by atoms with E-state index in [2.05, 4.69) is 0 Å². The molecule has 0 fully saturated rings. The van der Waals surface area contributed by atoms with Crippen LogP contribution in [0.25, 0.3) is 0 Å². The Morgan fingerprint density at radius 2 is 1.67 bits per heavy atom. The van der Waals surface area contributed by atoms with Crippen LogP contribution in [-0.2, 0) is 6.54 Å². The second-order valence-electron chi connectivity index (χ2n) is 5.58. The average molecular weight is 331 g/mol. The van der Waals surface area contributed by atoms with Gasteiger partial charge in [-0.2, -0.15) is 0 Å². The molecule has 24 heavy (non-hydrogen) atoms. The predicted molar refractivity (Wildman–Crippen MR) is 93.3 cm³/mol. The Morgan fingerprint density at radius 3 is 2.29 bits per heavy atom. The number of methoxy groups -OCH3 is 1. The molecule has 0 aromatic heterocycles. The van der Waals surface area contributed by atoms with Crippen LogP contribution in [0.2, 0.25) is 0 Å². The van der Waals surface area contributed by atoms with Gasteiger partial charge in [-0.1, -0.05) is 30.3 Å². The monoisotopic (exact) mass is 331 g/mol. The number of benzene rings is 2. The lowest BCUT2D eigenvalue weighted by Crippen LogP contribution is -2.37. The lowest BCUT2D eigenvalue weighted by atomic mass is 10.2. The summed E-state index contributed by atoms with van der Waals surface area (Å²) in [7, 11) is 1.61. The average Bonchev–Trinajstić information content (AvgIpc) is 2.61. The number of aliphatic hydroxyl groups is 2. The minimum absolute atomic E-state index is 0.0545. The van der Waals surface area contributed by atoms with Gasteiger partial charge in [0.25, 0.3) is 0 Å². The van der Waals surface area contributed by atoms with Crippen LogP contribution in [-0.4, -0.2) is 54.6 Å². The van der Waals surface area contributed by atoms with Crippen LogP contribution >= 0.6 is 0 Å². The van der Waals surface area contributed by atoms with Crippen LogP contribution in [0.15, 0.2) is 54.6 Å². The predicted octanol–water partition coefficient (Wildman–Crippen LogP) is 1.93. The molecule has 0 saturated heterocycles. The molecule has 0 heterocycles. The highest BCUT2D eigenvalue weighted by molar-refractivity contribution is 5.31. The van der Waals surface area contributed by atoms with E-state index in [1.165, 1.54) is 0 Å². The molecule has 2 rings (SSSR count). The Labute approximate surface area is 143 Å². The van der Waals surface area contributed by atoms with Crippen LogP contribution in [0.4, 0.5) is 0 Å². The molecule has 130 valence electrons. The smallest absolute Gasteiger partial charge is 0.119 e. The standard InChI is InChI=1S/C19H25NO4/c1-23-18-7-9-19(10-8-18)24-15-17(22)14-20(11-12-21)13-16-5-3-2-4-6-16/h2-10,17,21-22H,11-15H2,1H3/t17-/m1/s1. The van der Waals surface area contributed by atoms with Crippen LogP contribution in [0.1, 0.15) is 5.56 Å². The second kappa shape index (κ2) is 9.93. The fourth-order valence-electron chi connectivity index (χ4n) is 2.43. The van der Waals surface area contributed by atoms with Gasteiger partial charge in [0.15, 0.2) is 0 Å². The van der Waals surface area contributed by atoms with E-state index < -0.39 is 6.10 Å². The Morgan fingerprint density at radius 1 is 1.00 bits per heavy atom. The molecule has 2 N–H and O–H groups in total. The van der Waals surface area contributed by atoms with E-state index in [0.29, 0.717) is 25.4 Å². The van der Waals surface area contributed by atoms with Crippen molar-refractivity contribution in [1.29, 1.82) is 0 Å². The van der Waals surface area contributed by atoms with Gasteiger partial charge < -0.3 is 19.7 Å². The van der Waals surface area contributed by atoms with Crippen molar-refractivity contribution in [3.05, 3.63) is 60.2 Å². The lowest BCUT2D eigenvalue weighted by Gasteiger charge is -2.24. The Bertz CT molecular complexity index is 574. The second-order valence-corrected chi connectivity index (χ2v) is 5.58. The number of nitrogens with zero attached hydrogens (tertiary/aromatic N) is 1. The third kappa shape index (κ3) is 6.20. The van der Waals surface area contributed by atoms with Crippen molar-refractivity contribution >= 4 is 0 Å². The summed E-state index contributed by atoms with van der Waals surface area (Å²) < 4.78 is 10.7. The molecule has 0 saturated carbocycles. The van der Waals surface area contributed by atoms with Crippen molar-refractivity contribution in [1.82, 2.24) is 4.90 Å². The van der Waals surface area contributed by atoms with E-state index in [1.807, 2.05) is 47.4 Å². The summed E-state index contributed by atoms with van der Waals surface area (Å²) in [5.74, 6) is 1.45. The number of hydrogen-bond donors (Lipinski definition) is 2. The summed E-state index contributed by atoms with van der Waals surface area (Å²) in [4.78, 5) is 2.01. The third-order valence-electron chi connectivity index (χ3n) is 3.64. The van der Waals surface area contributed by atoms with Gasteiger partial charge in [-0.25, -0.2) is 0 Å². The molecule has 0 aliphatic heterocycles. The zero-order valence-electron chi connectivity index (χ0n) is 14.0. The van der Waals surface area contributed by atoms with Gasteiger partial charge in [-0.05, 0) is 29.8 Å². The maximum atomic E-state index is 10.2. The summed E-state index contributed by atoms with van der Waals surface area (Å²) in [5, 5.41) is 19.4. The molecule has 2 aromatic carbocycles. The van der Waals surface area contributed by atoms with Gasteiger partial charge >= 0.3 is 0 Å². The lowest BCUT2D eigenvalue weighted by molar-refractivity contribution is 0.0590. The van der Waals surface area contributed by atoms with E-state index in [-0.39, 0.29) is 13.2 Å². The SMILES string of the molecule is COc1ccc(OC[C@H](O)CN(CCO)Cc2ccccc2)cc1. The van der Waals surface area contributed by atoms with Crippen LogP contribution in [0.5, 0.6) is 11.5 Å². The highest BCUT2D eigenvalue weighted by atomic mass is 16.5. The number of ether oxygens (including phenoxy) is 2. The minimum atomic E-state index is -0.637. The van der Waals surface area contributed by atoms with Gasteiger partial charge in [0.2, 0.25) is 0 Å². The molecule has 0 amide bonds. The summed E-state index contributed by atoms with van der Waals surface area (Å²) in [5.41, 5.74) is 1.15. The molecule has 0 aliphatic rings. The molecule has 0 unspecified atom stereocenters. The summed E-state index contributed by atoms with van der Waals surface area (Å²) in [6.45, 7) is 1.88. The number of rotatable bonds is 10. The zero-order chi connectivity index (χ0) is 17.2. The molecule has 5 heteroatoms. The Balaban J connectivity index is 1.82. The molecule has 0 bridgehead atoms. The van der Waals surface area contributed by atoms with E-state index in [4.69, 9.17) is 9.47 Å². The van der Waals surface area contributed by atoms with E-state index in [1.54, 1.807) is 19.2 Å². The van der Waals surface area contributed by atoms with Gasteiger partial charge in [-0.15, -0.1) is 0 Å². The molecule has 0 spiro atoms. The van der Waals surface area contributed by atoms with Crippen LogP contribution in [0, 0.1) is 0 Å². The molecular formula is C19H25NO4. The topological polar surface area (TPSA) is 62.2 Å². The van der Waals surface area contributed by atoms with E-state index >= 15 is 0 Å². The van der Waals surface area contributed by atoms with E-state index in [0.717, 1.165) is 11.3 Å². The highest BCUT2D eigenvalue weighted by Crippen LogP contribution is 2.17. The fraction of sp³-hybridized carbons (Fsp3) is 0.368. The summed E-state index contributed by atoms with van der Waals surface area (Å²) in [6.07, 6.45) is -0.637. The molecule has 0 radical (unpaired) electrons. The Hall–Kier alpha value is -2.08. The highest BCUT2D eigenvalue weighted by Gasteiger charge is 2.13. The van der Waals surface area contributed by atoms with Crippen molar-refractivity contribution < 1.29 is 19.7 Å². The first-order valence-electron chi connectivity index (χ1n) is 8.03. The van der Waals surface area contributed by atoms with Gasteiger partial charge in [0.1, 0.15) is 24.2 Å². The molecule has 1 atom stereocenters. The zero-order valence-corrected chi connectivity index (χ0v) is 14.0. The van der Waals surface area contributed by atoms with E-state index in [9.17, 15) is 10.2 Å². The minimum Gasteiger partial charge on any atom is -0.497 e. The molecular weight excluding hydrogens is 306 g/mol. The first kappa shape index (κ1) is 18.3. The van der Waals surface area contributed by atoms with Crippen LogP contribution < -0.4 is 9.47 Å². The van der Waals surface area contributed by atoms with Crippen LogP contribution in [0.3, 0.4) is 0 Å². The van der Waals surface area contributed by atoms with Crippen molar-refractivity contribution in [2.75, 3.05) is 33.4 Å². The fourth-order valence-corrected chi connectivity index (χ4v) is 2.43. The third-order valence-corrected chi connectivity index (χ3v) is 3.64. The van der Waals surface area contributed by atoms with Gasteiger partial charge in [0.05, 0.1) is 13.7 Å². The first-order chi connectivity index (χ1) is 11.7. The molecule has 5 nitrogen and oxygen atoms in total. The van der Waals surface area contributed by atoms with Gasteiger partial charge in [-0.3, -0.25) is 4.90 Å². The first-order valence-corrected chi connectivity index (χ1v) is 8.03. The normalized spacial score (nSPS) is 12.2. The molecule has 2 aromatic rings. The Kier molecular flexibility index (Phi) is 7.55. The largest absolute Gasteiger partial charge is 0.497 e. The quantitative estimate of drug-likeness (QED) is 0.697. The van der Waals surface area contributed by atoms with Crippen molar-refractivity contribution in [3.8, 4) is 11.5 Å². The summed E-state index contributed by atoms with van der Waals surface area (Å²) >= 11 is 0. The number of aliphatic hydroxyl groups excluding tert-OH is 2. The van der Waals surface area contributed by atoms with Crippen molar-refractivity contribution in [3.63, 3.8) is 0 Å². The summed E-state index contributed by atoms with van der Waals surface area (Å²) in [6, 6.07) is 17.2. The molecule has 0 aliphatic carbocycles. The van der Waals surface area contributed by atoms with Gasteiger partial charge in [0, 0.05) is 19.6 Å². The maximum absolute atomic E-state index is 10.2. The number of hydrogen-bond acceptors (Lipinski definition) is 5. The van der Waals surface area contributed by atoms with Crippen molar-refractivity contribution in [2.24, 2.45) is 0 Å². The maximum Gasteiger partial charge on any atom is 0.119 e. The van der Waals surface area contributed by atoms with Crippen molar-refractivity contribution in [2.45, 2.75) is 12.6 Å².